The lowest BCUT2D eigenvalue weighted by molar-refractivity contribution is -0.145. The van der Waals surface area contributed by atoms with E-state index in [-0.39, 0.29) is 24.6 Å². The van der Waals surface area contributed by atoms with Crippen LogP contribution in [0.25, 0.3) is 16.7 Å². The molecule has 150 valence electrons. The summed E-state index contributed by atoms with van der Waals surface area (Å²) in [5, 5.41) is 13.2. The van der Waals surface area contributed by atoms with Gasteiger partial charge in [-0.3, -0.25) is 23.2 Å². The van der Waals surface area contributed by atoms with Crippen molar-refractivity contribution in [1.82, 2.24) is 28.9 Å². The van der Waals surface area contributed by atoms with Gasteiger partial charge in [0.1, 0.15) is 0 Å². The lowest BCUT2D eigenvalue weighted by Gasteiger charge is -2.09. The average molecular weight is 394 g/mol. The van der Waals surface area contributed by atoms with Crippen LogP contribution in [0.3, 0.4) is 0 Å². The summed E-state index contributed by atoms with van der Waals surface area (Å²) in [7, 11) is 1.65. The molecule has 0 N–H and O–H groups in total. The molecule has 0 saturated heterocycles. The number of ether oxygens (including phenoxy) is 1. The van der Waals surface area contributed by atoms with Gasteiger partial charge in [0.05, 0.1) is 29.6 Å². The van der Waals surface area contributed by atoms with Crippen LogP contribution in [-0.4, -0.2) is 34.9 Å². The summed E-state index contributed by atoms with van der Waals surface area (Å²) in [5.41, 5.74) is 3.45. The number of carbonyl (C=O) groups excluding carboxylic acids is 1. The Morgan fingerprint density at radius 2 is 1.93 bits per heavy atom. The van der Waals surface area contributed by atoms with Crippen molar-refractivity contribution < 1.29 is 9.53 Å². The van der Waals surface area contributed by atoms with E-state index in [0.29, 0.717) is 29.0 Å². The molecule has 0 saturated carbocycles. The molecule has 0 aliphatic heterocycles. The first-order chi connectivity index (χ1) is 13.8. The Morgan fingerprint density at radius 1 is 1.14 bits per heavy atom. The highest BCUT2D eigenvalue weighted by atomic mass is 16.5. The normalized spacial score (nSPS) is 11.4. The Morgan fingerprint density at radius 3 is 2.66 bits per heavy atom. The van der Waals surface area contributed by atoms with Gasteiger partial charge in [0.15, 0.2) is 12.4 Å². The van der Waals surface area contributed by atoms with Gasteiger partial charge in [-0.25, -0.2) is 0 Å². The van der Waals surface area contributed by atoms with E-state index in [9.17, 15) is 9.59 Å². The standard InChI is InChI=1S/C20H22N6O3/c1-12-5-6-16-15(9-12)19(28)24(4)20-22-21-17(26(16)20)11-29-18(27)7-8-25-14(3)10-13(2)23-25/h5-6,9-10H,7-8,11H2,1-4H3. The van der Waals surface area contributed by atoms with E-state index in [2.05, 4.69) is 15.3 Å². The van der Waals surface area contributed by atoms with E-state index in [4.69, 9.17) is 4.74 Å². The number of nitrogens with zero attached hydrogens (tertiary/aromatic N) is 6. The number of aryl methyl sites for hydroxylation is 5. The van der Waals surface area contributed by atoms with Gasteiger partial charge < -0.3 is 4.74 Å². The quantitative estimate of drug-likeness (QED) is 0.479. The number of benzene rings is 1. The van der Waals surface area contributed by atoms with Crippen LogP contribution in [0.15, 0.2) is 29.1 Å². The zero-order valence-corrected chi connectivity index (χ0v) is 16.8. The topological polar surface area (TPSA) is 96.3 Å². The zero-order chi connectivity index (χ0) is 20.7. The maximum Gasteiger partial charge on any atom is 0.308 e. The number of fused-ring (bicyclic) bond motifs is 3. The molecule has 3 aromatic heterocycles. The van der Waals surface area contributed by atoms with Gasteiger partial charge in [0.25, 0.3) is 5.56 Å². The van der Waals surface area contributed by atoms with Gasteiger partial charge in [-0.05, 0) is 39.0 Å². The number of rotatable bonds is 5. The van der Waals surface area contributed by atoms with Gasteiger partial charge >= 0.3 is 5.97 Å². The molecule has 4 rings (SSSR count). The fraction of sp³-hybridized carbons (Fsp3) is 0.350. The minimum absolute atomic E-state index is 0.0295. The zero-order valence-electron chi connectivity index (χ0n) is 16.8. The molecule has 0 aliphatic rings. The molecule has 0 bridgehead atoms. The summed E-state index contributed by atoms with van der Waals surface area (Å²) in [4.78, 5) is 24.8. The van der Waals surface area contributed by atoms with Gasteiger partial charge in [0.2, 0.25) is 5.78 Å². The highest BCUT2D eigenvalue weighted by Crippen LogP contribution is 2.16. The number of aromatic nitrogens is 6. The SMILES string of the molecule is Cc1ccc2c(c1)c(=O)n(C)c1nnc(COC(=O)CCn3nc(C)cc3C)n21. The highest BCUT2D eigenvalue weighted by molar-refractivity contribution is 5.81. The van der Waals surface area contributed by atoms with E-state index in [1.807, 2.05) is 45.0 Å². The molecule has 0 aliphatic carbocycles. The second kappa shape index (κ2) is 7.16. The average Bonchev–Trinajstić information content (AvgIpc) is 3.25. The fourth-order valence-electron chi connectivity index (χ4n) is 3.47. The maximum atomic E-state index is 12.6. The fourth-order valence-corrected chi connectivity index (χ4v) is 3.47. The lowest BCUT2D eigenvalue weighted by Crippen LogP contribution is -2.20. The van der Waals surface area contributed by atoms with E-state index in [1.165, 1.54) is 4.57 Å². The Balaban J connectivity index is 1.57. The predicted octanol–water partition coefficient (Wildman–Crippen LogP) is 1.84. The van der Waals surface area contributed by atoms with E-state index in [1.54, 1.807) is 16.1 Å². The van der Waals surface area contributed by atoms with E-state index in [0.717, 1.165) is 17.0 Å². The minimum Gasteiger partial charge on any atom is -0.457 e. The second-order valence-corrected chi connectivity index (χ2v) is 7.20. The molecule has 9 heteroatoms. The smallest absolute Gasteiger partial charge is 0.308 e. The van der Waals surface area contributed by atoms with Crippen molar-refractivity contribution in [3.8, 4) is 0 Å². The van der Waals surface area contributed by atoms with Crippen LogP contribution in [-0.2, 0) is 29.7 Å². The molecule has 0 amide bonds. The van der Waals surface area contributed by atoms with Gasteiger partial charge in [-0.2, -0.15) is 5.10 Å². The van der Waals surface area contributed by atoms with Gasteiger partial charge in [-0.15, -0.1) is 10.2 Å². The first kappa shape index (κ1) is 18.9. The summed E-state index contributed by atoms with van der Waals surface area (Å²) < 4.78 is 10.4. The van der Waals surface area contributed by atoms with Crippen LogP contribution in [0.2, 0.25) is 0 Å². The number of hydrogen-bond acceptors (Lipinski definition) is 6. The van der Waals surface area contributed by atoms with Crippen molar-refractivity contribution in [1.29, 1.82) is 0 Å². The van der Waals surface area contributed by atoms with Crippen molar-refractivity contribution in [2.24, 2.45) is 7.05 Å². The second-order valence-electron chi connectivity index (χ2n) is 7.20. The molecule has 0 spiro atoms. The summed E-state index contributed by atoms with van der Waals surface area (Å²) in [6.45, 7) is 6.22. The van der Waals surface area contributed by atoms with Crippen LogP contribution in [0.1, 0.15) is 29.2 Å². The van der Waals surface area contributed by atoms with Crippen molar-refractivity contribution in [2.45, 2.75) is 40.3 Å². The summed E-state index contributed by atoms with van der Waals surface area (Å²) in [6, 6.07) is 7.58. The predicted molar refractivity (Wildman–Crippen MR) is 107 cm³/mol. The molecule has 0 atom stereocenters. The van der Waals surface area contributed by atoms with Crippen LogP contribution < -0.4 is 5.56 Å². The summed E-state index contributed by atoms with van der Waals surface area (Å²) >= 11 is 0. The molecule has 4 aromatic rings. The molecule has 29 heavy (non-hydrogen) atoms. The van der Waals surface area contributed by atoms with Crippen molar-refractivity contribution in [2.75, 3.05) is 0 Å². The third-order valence-corrected chi connectivity index (χ3v) is 4.93. The minimum atomic E-state index is -0.348. The van der Waals surface area contributed by atoms with Crippen LogP contribution in [0.4, 0.5) is 0 Å². The maximum absolute atomic E-state index is 12.6. The van der Waals surface area contributed by atoms with Crippen LogP contribution in [0, 0.1) is 20.8 Å². The molecule has 3 heterocycles. The Hall–Kier alpha value is -3.49. The lowest BCUT2D eigenvalue weighted by atomic mass is 10.1. The Bertz CT molecular complexity index is 1300. The molecule has 0 unspecified atom stereocenters. The molecule has 0 radical (unpaired) electrons. The number of carbonyl (C=O) groups is 1. The summed E-state index contributed by atoms with van der Waals surface area (Å²) in [5.74, 6) is 0.517. The molecule has 9 nitrogen and oxygen atoms in total. The van der Waals surface area contributed by atoms with Crippen LogP contribution >= 0.6 is 0 Å². The first-order valence-electron chi connectivity index (χ1n) is 9.35. The summed E-state index contributed by atoms with van der Waals surface area (Å²) in [6.07, 6.45) is 0.205. The molecular weight excluding hydrogens is 372 g/mol. The van der Waals surface area contributed by atoms with Crippen molar-refractivity contribution in [3.05, 3.63) is 57.4 Å². The third-order valence-electron chi connectivity index (χ3n) is 4.93. The highest BCUT2D eigenvalue weighted by Gasteiger charge is 2.16. The first-order valence-corrected chi connectivity index (χ1v) is 9.35. The number of esters is 1. The Labute approximate surface area is 166 Å². The molecular formula is C20H22N6O3. The molecule has 0 fully saturated rings. The van der Waals surface area contributed by atoms with Crippen LogP contribution in [0.5, 0.6) is 0 Å². The van der Waals surface area contributed by atoms with E-state index < -0.39 is 0 Å². The third kappa shape index (κ3) is 3.39. The number of hydrogen-bond donors (Lipinski definition) is 0. The van der Waals surface area contributed by atoms with Crippen molar-refractivity contribution in [3.63, 3.8) is 0 Å². The molecule has 1 aromatic carbocycles. The van der Waals surface area contributed by atoms with Crippen molar-refractivity contribution >= 4 is 22.6 Å². The largest absolute Gasteiger partial charge is 0.457 e. The monoisotopic (exact) mass is 394 g/mol. The Kier molecular flexibility index (Phi) is 4.65. The van der Waals surface area contributed by atoms with Gasteiger partial charge in [0, 0.05) is 12.7 Å². The van der Waals surface area contributed by atoms with Gasteiger partial charge in [-0.1, -0.05) is 11.6 Å². The van der Waals surface area contributed by atoms with E-state index >= 15 is 0 Å².